The first-order chi connectivity index (χ1) is 14.3. The SMILES string of the molecule is CN(Cc1ccc(C(F)(F)F)cc1)C(=O)c1ccccc1NC(=O)c1ccccc1. The van der Waals surface area contributed by atoms with Crippen LogP contribution in [0.4, 0.5) is 18.9 Å². The van der Waals surface area contributed by atoms with Gasteiger partial charge in [-0.05, 0) is 42.0 Å². The number of carbonyl (C=O) groups excluding carboxylic acids is 2. The van der Waals surface area contributed by atoms with E-state index in [-0.39, 0.29) is 23.9 Å². The maximum absolute atomic E-state index is 12.9. The second kappa shape index (κ2) is 8.82. The van der Waals surface area contributed by atoms with Crippen LogP contribution >= 0.6 is 0 Å². The van der Waals surface area contributed by atoms with Gasteiger partial charge in [0.2, 0.25) is 0 Å². The van der Waals surface area contributed by atoms with E-state index in [0.29, 0.717) is 16.8 Å². The minimum Gasteiger partial charge on any atom is -0.337 e. The Bertz CT molecular complexity index is 1030. The van der Waals surface area contributed by atoms with E-state index < -0.39 is 11.7 Å². The Labute approximate surface area is 171 Å². The van der Waals surface area contributed by atoms with Gasteiger partial charge >= 0.3 is 6.18 Å². The molecule has 0 aliphatic heterocycles. The van der Waals surface area contributed by atoms with Gasteiger partial charge in [0, 0.05) is 19.2 Å². The molecular formula is C23H19F3N2O2. The molecule has 1 N–H and O–H groups in total. The largest absolute Gasteiger partial charge is 0.416 e. The zero-order valence-corrected chi connectivity index (χ0v) is 16.1. The highest BCUT2D eigenvalue weighted by Crippen LogP contribution is 2.29. The molecular weight excluding hydrogens is 393 g/mol. The van der Waals surface area contributed by atoms with Gasteiger partial charge in [-0.2, -0.15) is 13.2 Å². The predicted molar refractivity (Wildman–Crippen MR) is 108 cm³/mol. The van der Waals surface area contributed by atoms with Crippen molar-refractivity contribution in [3.05, 3.63) is 101 Å². The van der Waals surface area contributed by atoms with Gasteiger partial charge in [-0.1, -0.05) is 42.5 Å². The van der Waals surface area contributed by atoms with Gasteiger partial charge in [0.25, 0.3) is 11.8 Å². The van der Waals surface area contributed by atoms with Gasteiger partial charge in [-0.3, -0.25) is 9.59 Å². The van der Waals surface area contributed by atoms with E-state index in [1.165, 1.54) is 17.0 Å². The van der Waals surface area contributed by atoms with E-state index in [2.05, 4.69) is 5.32 Å². The summed E-state index contributed by atoms with van der Waals surface area (Å²) < 4.78 is 38.1. The standard InChI is InChI=1S/C23H19F3N2O2/c1-28(15-16-11-13-18(14-12-16)23(24,25)26)22(30)19-9-5-6-10-20(19)27-21(29)17-7-3-2-4-8-17/h2-14H,15H2,1H3,(H,27,29). The predicted octanol–water partition coefficient (Wildman–Crippen LogP) is 5.23. The molecule has 0 bridgehead atoms. The lowest BCUT2D eigenvalue weighted by molar-refractivity contribution is -0.137. The molecule has 0 saturated carbocycles. The molecule has 0 aromatic heterocycles. The van der Waals surface area contributed by atoms with E-state index in [1.54, 1.807) is 61.6 Å². The fourth-order valence-electron chi connectivity index (χ4n) is 2.91. The molecule has 0 fully saturated rings. The van der Waals surface area contributed by atoms with Gasteiger partial charge in [0.1, 0.15) is 0 Å². The fourth-order valence-corrected chi connectivity index (χ4v) is 2.91. The average Bonchev–Trinajstić information content (AvgIpc) is 2.74. The van der Waals surface area contributed by atoms with Crippen LogP contribution in [0.25, 0.3) is 0 Å². The van der Waals surface area contributed by atoms with Gasteiger partial charge < -0.3 is 10.2 Å². The van der Waals surface area contributed by atoms with Gasteiger partial charge in [0.05, 0.1) is 16.8 Å². The van der Waals surface area contributed by atoms with Crippen LogP contribution in [0.2, 0.25) is 0 Å². The summed E-state index contributed by atoms with van der Waals surface area (Å²) in [4.78, 5) is 26.7. The van der Waals surface area contributed by atoms with Crippen molar-refractivity contribution in [3.63, 3.8) is 0 Å². The number of para-hydroxylation sites is 1. The third-order valence-corrected chi connectivity index (χ3v) is 4.49. The molecule has 3 rings (SSSR count). The zero-order valence-electron chi connectivity index (χ0n) is 16.1. The molecule has 7 heteroatoms. The number of carbonyl (C=O) groups is 2. The zero-order chi connectivity index (χ0) is 21.7. The Morgan fingerprint density at radius 2 is 1.47 bits per heavy atom. The van der Waals surface area contributed by atoms with Crippen molar-refractivity contribution >= 4 is 17.5 Å². The number of nitrogens with one attached hydrogen (secondary N) is 1. The maximum atomic E-state index is 12.9. The number of hydrogen-bond acceptors (Lipinski definition) is 2. The number of alkyl halides is 3. The van der Waals surface area contributed by atoms with Crippen LogP contribution in [0, 0.1) is 0 Å². The molecule has 154 valence electrons. The summed E-state index contributed by atoms with van der Waals surface area (Å²) >= 11 is 0. The number of nitrogens with zero attached hydrogens (tertiary/aromatic N) is 1. The average molecular weight is 412 g/mol. The smallest absolute Gasteiger partial charge is 0.337 e. The van der Waals surface area contributed by atoms with E-state index >= 15 is 0 Å². The number of benzene rings is 3. The Balaban J connectivity index is 1.74. The topological polar surface area (TPSA) is 49.4 Å². The highest BCUT2D eigenvalue weighted by molar-refractivity contribution is 6.08. The molecule has 0 heterocycles. The van der Waals surface area contributed by atoms with Crippen LogP contribution < -0.4 is 5.32 Å². The summed E-state index contributed by atoms with van der Waals surface area (Å²) in [6.07, 6.45) is -4.41. The number of rotatable bonds is 5. The Hall–Kier alpha value is -3.61. The maximum Gasteiger partial charge on any atom is 0.416 e. The van der Waals surface area contributed by atoms with Crippen molar-refractivity contribution in [1.82, 2.24) is 4.90 Å². The lowest BCUT2D eigenvalue weighted by atomic mass is 10.1. The highest BCUT2D eigenvalue weighted by atomic mass is 19.4. The van der Waals surface area contributed by atoms with Crippen molar-refractivity contribution in [3.8, 4) is 0 Å². The second-order valence-electron chi connectivity index (χ2n) is 6.72. The van der Waals surface area contributed by atoms with E-state index in [1.807, 2.05) is 0 Å². The molecule has 0 atom stereocenters. The molecule has 0 aliphatic carbocycles. The van der Waals surface area contributed by atoms with Crippen molar-refractivity contribution in [2.75, 3.05) is 12.4 Å². The van der Waals surface area contributed by atoms with E-state index in [9.17, 15) is 22.8 Å². The van der Waals surface area contributed by atoms with Crippen LogP contribution in [-0.2, 0) is 12.7 Å². The third kappa shape index (κ3) is 5.05. The molecule has 2 amide bonds. The second-order valence-corrected chi connectivity index (χ2v) is 6.72. The van der Waals surface area contributed by atoms with Crippen LogP contribution in [-0.4, -0.2) is 23.8 Å². The minimum atomic E-state index is -4.41. The van der Waals surface area contributed by atoms with E-state index in [4.69, 9.17) is 0 Å². The molecule has 30 heavy (non-hydrogen) atoms. The first-order valence-electron chi connectivity index (χ1n) is 9.13. The molecule has 3 aromatic carbocycles. The Kier molecular flexibility index (Phi) is 6.20. The molecule has 4 nitrogen and oxygen atoms in total. The molecule has 3 aromatic rings. The molecule has 0 unspecified atom stereocenters. The fraction of sp³-hybridized carbons (Fsp3) is 0.130. The summed E-state index contributed by atoms with van der Waals surface area (Å²) in [5.74, 6) is -0.708. The minimum absolute atomic E-state index is 0.123. The van der Waals surface area contributed by atoms with Gasteiger partial charge in [-0.25, -0.2) is 0 Å². The highest BCUT2D eigenvalue weighted by Gasteiger charge is 2.30. The summed E-state index contributed by atoms with van der Waals surface area (Å²) in [5, 5.41) is 2.74. The number of halogens is 3. The van der Waals surface area contributed by atoms with Crippen molar-refractivity contribution in [2.45, 2.75) is 12.7 Å². The molecule has 0 saturated heterocycles. The van der Waals surface area contributed by atoms with Crippen LogP contribution in [0.5, 0.6) is 0 Å². The quantitative estimate of drug-likeness (QED) is 0.624. The van der Waals surface area contributed by atoms with Crippen LogP contribution in [0.3, 0.4) is 0 Å². The van der Waals surface area contributed by atoms with Crippen molar-refractivity contribution in [2.24, 2.45) is 0 Å². The molecule has 0 spiro atoms. The summed E-state index contributed by atoms with van der Waals surface area (Å²) in [6, 6.07) is 19.9. The Morgan fingerprint density at radius 3 is 2.10 bits per heavy atom. The van der Waals surface area contributed by atoms with Crippen LogP contribution in [0.15, 0.2) is 78.9 Å². The lowest BCUT2D eigenvalue weighted by Gasteiger charge is -2.20. The summed E-state index contributed by atoms with van der Waals surface area (Å²) in [5.41, 5.74) is 0.920. The van der Waals surface area contributed by atoms with Crippen LogP contribution in [0.1, 0.15) is 31.8 Å². The molecule has 0 radical (unpaired) electrons. The first-order valence-corrected chi connectivity index (χ1v) is 9.13. The van der Waals surface area contributed by atoms with Crippen molar-refractivity contribution in [1.29, 1.82) is 0 Å². The van der Waals surface area contributed by atoms with Gasteiger partial charge in [-0.15, -0.1) is 0 Å². The lowest BCUT2D eigenvalue weighted by Crippen LogP contribution is -2.27. The van der Waals surface area contributed by atoms with E-state index in [0.717, 1.165) is 12.1 Å². The number of amides is 2. The molecule has 0 aliphatic rings. The number of hydrogen-bond donors (Lipinski definition) is 1. The first kappa shape index (κ1) is 21.1. The summed E-state index contributed by atoms with van der Waals surface area (Å²) in [6.45, 7) is 0.123. The van der Waals surface area contributed by atoms with Gasteiger partial charge in [0.15, 0.2) is 0 Å². The summed E-state index contributed by atoms with van der Waals surface area (Å²) in [7, 11) is 1.55. The Morgan fingerprint density at radius 1 is 0.867 bits per heavy atom. The number of anilines is 1. The van der Waals surface area contributed by atoms with Crippen molar-refractivity contribution < 1.29 is 22.8 Å². The normalized spacial score (nSPS) is 11.1. The third-order valence-electron chi connectivity index (χ3n) is 4.49. The monoisotopic (exact) mass is 412 g/mol.